The molecule has 2 aliphatic heterocycles. The van der Waals surface area contributed by atoms with Gasteiger partial charge in [0.15, 0.2) is 11.5 Å². The maximum atomic E-state index is 12.9. The molecule has 7 heteroatoms. The predicted octanol–water partition coefficient (Wildman–Crippen LogP) is 3.10. The highest BCUT2D eigenvalue weighted by molar-refractivity contribution is 5.95. The number of rotatable bonds is 6. The van der Waals surface area contributed by atoms with Crippen LogP contribution in [-0.2, 0) is 0 Å². The van der Waals surface area contributed by atoms with Gasteiger partial charge in [0.25, 0.3) is 5.91 Å². The molecular formula is C25H26N4O3. The van der Waals surface area contributed by atoms with Crippen LogP contribution in [0.2, 0.25) is 0 Å². The smallest absolute Gasteiger partial charge is 0.251 e. The number of pyridine rings is 1. The van der Waals surface area contributed by atoms with Crippen LogP contribution in [0.25, 0.3) is 0 Å². The average molecular weight is 431 g/mol. The van der Waals surface area contributed by atoms with Crippen molar-refractivity contribution in [3.63, 3.8) is 0 Å². The molecule has 0 radical (unpaired) electrons. The quantitative estimate of drug-likeness (QED) is 0.648. The Morgan fingerprint density at radius 3 is 2.56 bits per heavy atom. The van der Waals surface area contributed by atoms with E-state index in [4.69, 9.17) is 9.47 Å². The van der Waals surface area contributed by atoms with E-state index in [-0.39, 0.29) is 18.7 Å². The van der Waals surface area contributed by atoms with Crippen LogP contribution < -0.4 is 19.7 Å². The molecule has 1 amide bonds. The third-order valence-corrected chi connectivity index (χ3v) is 6.04. The Kier molecular flexibility index (Phi) is 5.89. The molecule has 164 valence electrons. The maximum Gasteiger partial charge on any atom is 0.251 e. The first kappa shape index (κ1) is 20.3. The molecule has 1 fully saturated rings. The van der Waals surface area contributed by atoms with Gasteiger partial charge in [0.2, 0.25) is 6.79 Å². The van der Waals surface area contributed by atoms with Gasteiger partial charge in [-0.15, -0.1) is 0 Å². The predicted molar refractivity (Wildman–Crippen MR) is 122 cm³/mol. The summed E-state index contributed by atoms with van der Waals surface area (Å²) in [5.41, 5.74) is 2.92. The van der Waals surface area contributed by atoms with E-state index in [2.05, 4.69) is 50.4 Å². The van der Waals surface area contributed by atoms with E-state index < -0.39 is 0 Å². The van der Waals surface area contributed by atoms with Gasteiger partial charge in [-0.25, -0.2) is 0 Å². The van der Waals surface area contributed by atoms with Crippen LogP contribution in [0, 0.1) is 0 Å². The molecule has 32 heavy (non-hydrogen) atoms. The molecule has 2 aromatic carbocycles. The Labute approximate surface area is 187 Å². The Bertz CT molecular complexity index is 1050. The lowest BCUT2D eigenvalue weighted by Crippen LogP contribution is -2.50. The number of carbonyl (C=O) groups is 1. The van der Waals surface area contributed by atoms with Crippen LogP contribution in [0.5, 0.6) is 11.5 Å². The fourth-order valence-corrected chi connectivity index (χ4v) is 4.29. The lowest BCUT2D eigenvalue weighted by molar-refractivity contribution is 0.0929. The summed E-state index contributed by atoms with van der Waals surface area (Å²) >= 11 is 0. The largest absolute Gasteiger partial charge is 0.454 e. The van der Waals surface area contributed by atoms with Crippen molar-refractivity contribution >= 4 is 11.6 Å². The number of nitrogens with zero attached hydrogens (tertiary/aromatic N) is 3. The van der Waals surface area contributed by atoms with Crippen molar-refractivity contribution in [3.8, 4) is 11.5 Å². The molecule has 3 heterocycles. The Morgan fingerprint density at radius 1 is 0.969 bits per heavy atom. The Balaban J connectivity index is 1.26. The van der Waals surface area contributed by atoms with Crippen LogP contribution in [0.4, 0.5) is 5.69 Å². The first-order valence-electron chi connectivity index (χ1n) is 10.9. The molecule has 5 rings (SSSR count). The van der Waals surface area contributed by atoms with Crippen molar-refractivity contribution in [1.82, 2.24) is 15.2 Å². The molecular weight excluding hydrogens is 404 g/mol. The van der Waals surface area contributed by atoms with E-state index in [9.17, 15) is 4.79 Å². The summed E-state index contributed by atoms with van der Waals surface area (Å²) in [4.78, 5) is 22.0. The van der Waals surface area contributed by atoms with Gasteiger partial charge in [-0.1, -0.05) is 24.3 Å². The highest BCUT2D eigenvalue weighted by atomic mass is 16.7. The van der Waals surface area contributed by atoms with E-state index in [1.165, 1.54) is 5.69 Å². The van der Waals surface area contributed by atoms with Crippen LogP contribution >= 0.6 is 0 Å². The molecule has 0 bridgehead atoms. The zero-order valence-corrected chi connectivity index (χ0v) is 17.8. The van der Waals surface area contributed by atoms with Gasteiger partial charge >= 0.3 is 0 Å². The third-order valence-electron chi connectivity index (χ3n) is 6.04. The fraction of sp³-hybridized carbons (Fsp3) is 0.280. The van der Waals surface area contributed by atoms with Crippen molar-refractivity contribution in [2.45, 2.75) is 6.04 Å². The number of carbonyl (C=O) groups excluding carboxylic acids is 1. The van der Waals surface area contributed by atoms with Crippen LogP contribution in [0.3, 0.4) is 0 Å². The summed E-state index contributed by atoms with van der Waals surface area (Å²) in [7, 11) is 0. The molecule has 0 aliphatic carbocycles. The van der Waals surface area contributed by atoms with Gasteiger partial charge in [-0.2, -0.15) is 0 Å². The minimum absolute atomic E-state index is 0.0552. The van der Waals surface area contributed by atoms with Crippen LogP contribution in [0.1, 0.15) is 22.0 Å². The number of para-hydroxylation sites is 1. The topological polar surface area (TPSA) is 66.9 Å². The number of hydrogen-bond donors (Lipinski definition) is 1. The third kappa shape index (κ3) is 4.38. The number of nitrogens with one attached hydrogen (secondary N) is 1. The first-order chi connectivity index (χ1) is 15.8. The van der Waals surface area contributed by atoms with Gasteiger partial charge in [0.1, 0.15) is 0 Å². The molecule has 1 saturated heterocycles. The molecule has 1 atom stereocenters. The first-order valence-corrected chi connectivity index (χ1v) is 10.9. The van der Waals surface area contributed by atoms with Gasteiger partial charge in [-0.05, 0) is 42.0 Å². The summed E-state index contributed by atoms with van der Waals surface area (Å²) < 4.78 is 10.7. The lowest BCUT2D eigenvalue weighted by Gasteiger charge is -2.40. The van der Waals surface area contributed by atoms with E-state index in [1.54, 1.807) is 24.4 Å². The number of aromatic nitrogens is 1. The number of amides is 1. The van der Waals surface area contributed by atoms with Crippen molar-refractivity contribution in [2.24, 2.45) is 0 Å². The minimum atomic E-state index is -0.125. The minimum Gasteiger partial charge on any atom is -0.454 e. The van der Waals surface area contributed by atoms with E-state index in [1.807, 2.05) is 18.3 Å². The van der Waals surface area contributed by atoms with Gasteiger partial charge < -0.3 is 19.7 Å². The maximum absolute atomic E-state index is 12.9. The van der Waals surface area contributed by atoms with Crippen molar-refractivity contribution < 1.29 is 14.3 Å². The standard InChI is InChI=1S/C25H26N4O3/c30-25(19-8-9-23-24(15-19)32-18-31-23)27-17-22(20-5-4-10-26-16-20)29-13-11-28(12-14-29)21-6-2-1-3-7-21/h1-10,15-16,22H,11-14,17-18H2,(H,27,30)/t22-/m0/s1. The summed E-state index contributed by atoms with van der Waals surface area (Å²) in [6, 6.07) is 19.8. The summed E-state index contributed by atoms with van der Waals surface area (Å²) in [5.74, 6) is 1.16. The van der Waals surface area contributed by atoms with Gasteiger partial charge in [0, 0.05) is 56.4 Å². The van der Waals surface area contributed by atoms with Gasteiger partial charge in [-0.3, -0.25) is 14.7 Å². The second-order valence-corrected chi connectivity index (χ2v) is 7.94. The molecule has 3 aromatic rings. The number of piperazine rings is 1. The SMILES string of the molecule is O=C(NC[C@@H](c1cccnc1)N1CCN(c2ccccc2)CC1)c1ccc2c(c1)OCO2. The normalized spacial score (nSPS) is 16.6. The number of anilines is 1. The molecule has 7 nitrogen and oxygen atoms in total. The molecule has 2 aliphatic rings. The van der Waals surface area contributed by atoms with Crippen molar-refractivity contribution in [1.29, 1.82) is 0 Å². The zero-order chi connectivity index (χ0) is 21.8. The fourth-order valence-electron chi connectivity index (χ4n) is 4.29. The number of ether oxygens (including phenoxy) is 2. The number of fused-ring (bicyclic) bond motifs is 1. The van der Waals surface area contributed by atoms with E-state index >= 15 is 0 Å². The summed E-state index contributed by atoms with van der Waals surface area (Å²) in [6.07, 6.45) is 3.67. The highest BCUT2D eigenvalue weighted by Gasteiger charge is 2.26. The number of hydrogen-bond acceptors (Lipinski definition) is 6. The molecule has 0 saturated carbocycles. The van der Waals surface area contributed by atoms with Crippen molar-refractivity contribution in [2.75, 3.05) is 44.4 Å². The second-order valence-electron chi connectivity index (χ2n) is 7.94. The molecule has 0 spiro atoms. The Morgan fingerprint density at radius 2 is 1.78 bits per heavy atom. The van der Waals surface area contributed by atoms with Gasteiger partial charge in [0.05, 0.1) is 6.04 Å². The van der Waals surface area contributed by atoms with Crippen molar-refractivity contribution in [3.05, 3.63) is 84.2 Å². The number of benzene rings is 2. The highest BCUT2D eigenvalue weighted by Crippen LogP contribution is 2.32. The molecule has 1 N–H and O–H groups in total. The Hall–Kier alpha value is -3.58. The lowest BCUT2D eigenvalue weighted by atomic mass is 10.1. The second kappa shape index (κ2) is 9.28. The van der Waals surface area contributed by atoms with E-state index in [0.29, 0.717) is 23.6 Å². The monoisotopic (exact) mass is 430 g/mol. The zero-order valence-electron chi connectivity index (χ0n) is 17.8. The summed E-state index contributed by atoms with van der Waals surface area (Å²) in [5, 5.41) is 3.11. The average Bonchev–Trinajstić information content (AvgIpc) is 3.34. The molecule has 0 unspecified atom stereocenters. The molecule has 1 aromatic heterocycles. The van der Waals surface area contributed by atoms with Crippen LogP contribution in [0.15, 0.2) is 73.1 Å². The van der Waals surface area contributed by atoms with Crippen LogP contribution in [-0.4, -0.2) is 55.3 Å². The summed E-state index contributed by atoms with van der Waals surface area (Å²) in [6.45, 7) is 4.40. The van der Waals surface area contributed by atoms with E-state index in [0.717, 1.165) is 31.7 Å².